The highest BCUT2D eigenvalue weighted by atomic mass is 32.2. The summed E-state index contributed by atoms with van der Waals surface area (Å²) in [5.41, 5.74) is 6.81. The molecule has 7 nitrogen and oxygen atoms in total. The van der Waals surface area contributed by atoms with E-state index in [4.69, 9.17) is 0 Å². The van der Waals surface area contributed by atoms with Crippen molar-refractivity contribution >= 4 is 22.7 Å². The number of benzene rings is 1. The Balaban J connectivity index is 1.77. The highest BCUT2D eigenvalue weighted by Gasteiger charge is 2.18. The van der Waals surface area contributed by atoms with Crippen LogP contribution in [0.1, 0.15) is 25.5 Å². The van der Waals surface area contributed by atoms with Gasteiger partial charge in [-0.2, -0.15) is 16.9 Å². The predicted molar refractivity (Wildman–Crippen MR) is 148 cm³/mol. The van der Waals surface area contributed by atoms with Crippen LogP contribution in [0, 0.1) is 0 Å². The first kappa shape index (κ1) is 23.9. The summed E-state index contributed by atoms with van der Waals surface area (Å²) in [5.74, 6) is 0.907. The van der Waals surface area contributed by atoms with E-state index < -0.39 is 0 Å². The maximum Gasteiger partial charge on any atom is 0.274 e. The Hall–Kier alpha value is -3.78. The molecule has 0 spiro atoms. The minimum atomic E-state index is -0.122. The summed E-state index contributed by atoms with van der Waals surface area (Å²) in [6, 6.07) is 12.3. The molecule has 4 aromatic heterocycles. The van der Waals surface area contributed by atoms with Crippen LogP contribution in [-0.2, 0) is 19.8 Å². The Morgan fingerprint density at radius 1 is 0.944 bits per heavy atom. The average Bonchev–Trinajstić information content (AvgIpc) is 3.51. The molecule has 0 aliphatic heterocycles. The summed E-state index contributed by atoms with van der Waals surface area (Å²) in [5, 5.41) is 5.23. The summed E-state index contributed by atoms with van der Waals surface area (Å²) >= 11 is 1.77. The molecule has 1 aromatic carbocycles. The number of hydrogen-bond donors (Lipinski definition) is 1. The van der Waals surface area contributed by atoms with Gasteiger partial charge in [0.15, 0.2) is 0 Å². The molecule has 184 valence electrons. The fourth-order valence-corrected chi connectivity index (χ4v) is 5.05. The molecule has 0 saturated heterocycles. The quantitative estimate of drug-likeness (QED) is 0.348. The van der Waals surface area contributed by atoms with Crippen LogP contribution in [0.25, 0.3) is 44.4 Å². The van der Waals surface area contributed by atoms with E-state index in [9.17, 15) is 9.59 Å². The summed E-state index contributed by atoms with van der Waals surface area (Å²) in [4.78, 5) is 29.2. The number of H-pyrrole nitrogens is 1. The van der Waals surface area contributed by atoms with Gasteiger partial charge < -0.3 is 14.1 Å². The molecule has 1 N–H and O–H groups in total. The van der Waals surface area contributed by atoms with Gasteiger partial charge in [-0.15, -0.1) is 0 Å². The maximum absolute atomic E-state index is 13.1. The van der Waals surface area contributed by atoms with E-state index in [1.54, 1.807) is 47.3 Å². The molecule has 5 aromatic rings. The van der Waals surface area contributed by atoms with E-state index in [1.165, 1.54) is 5.56 Å². The summed E-state index contributed by atoms with van der Waals surface area (Å²) in [6.07, 6.45) is 9.56. The van der Waals surface area contributed by atoms with E-state index in [-0.39, 0.29) is 17.2 Å². The van der Waals surface area contributed by atoms with Crippen LogP contribution in [-0.4, -0.2) is 30.2 Å². The fraction of sp³-hybridized carbons (Fsp3) is 0.250. The number of nitrogens with zero attached hydrogens (tertiary/aromatic N) is 4. The molecule has 36 heavy (non-hydrogen) atoms. The molecular formula is C28H29N5O2S. The first-order valence-corrected chi connectivity index (χ1v) is 13.2. The lowest BCUT2D eigenvalue weighted by Gasteiger charge is -2.14. The van der Waals surface area contributed by atoms with Crippen molar-refractivity contribution in [2.45, 2.75) is 25.6 Å². The zero-order valence-corrected chi connectivity index (χ0v) is 21.9. The highest BCUT2D eigenvalue weighted by molar-refractivity contribution is 7.97. The monoisotopic (exact) mass is 499 g/mol. The molecule has 0 bridgehead atoms. The first-order valence-electron chi connectivity index (χ1n) is 11.8. The lowest BCUT2D eigenvalue weighted by Crippen LogP contribution is -2.18. The molecule has 0 atom stereocenters. The Morgan fingerprint density at radius 2 is 1.72 bits per heavy atom. The molecule has 0 radical (unpaired) electrons. The molecular weight excluding hydrogens is 470 g/mol. The van der Waals surface area contributed by atoms with Crippen molar-refractivity contribution in [1.29, 1.82) is 0 Å². The molecule has 0 amide bonds. The Bertz CT molecular complexity index is 1700. The van der Waals surface area contributed by atoms with Gasteiger partial charge in [0.05, 0.1) is 6.20 Å². The SMILES string of the molecule is CSCc1cccc(-c2cn(C)c(=O)cc2-c2cn(C)c(=O)c3[nH]c(-c4cnn(C(C)C)c4)cc23)c1. The van der Waals surface area contributed by atoms with Gasteiger partial charge in [-0.25, -0.2) is 0 Å². The van der Waals surface area contributed by atoms with Crippen LogP contribution in [0.3, 0.4) is 0 Å². The van der Waals surface area contributed by atoms with Gasteiger partial charge >= 0.3 is 0 Å². The van der Waals surface area contributed by atoms with E-state index in [0.717, 1.165) is 44.7 Å². The van der Waals surface area contributed by atoms with Gasteiger partial charge in [0, 0.05) is 78.3 Å². The molecule has 0 fully saturated rings. The van der Waals surface area contributed by atoms with Crippen molar-refractivity contribution in [3.63, 3.8) is 0 Å². The number of aromatic amines is 1. The zero-order valence-electron chi connectivity index (χ0n) is 21.1. The summed E-state index contributed by atoms with van der Waals surface area (Å²) in [6.45, 7) is 4.14. The number of pyridine rings is 2. The number of hydrogen-bond acceptors (Lipinski definition) is 4. The fourth-order valence-electron chi connectivity index (χ4n) is 4.54. The average molecular weight is 500 g/mol. The standard InChI is InChI=1S/C28H29N5O2S/c1-17(2)33-13-20(12-29-33)25-10-22-24(15-32(4)28(35)27(22)30-25)21-11-26(34)31(3)14-23(21)19-8-6-7-18(9-19)16-36-5/h6-15,17,30H,16H2,1-5H3. The van der Waals surface area contributed by atoms with Crippen molar-refractivity contribution in [2.75, 3.05) is 6.26 Å². The molecule has 0 unspecified atom stereocenters. The van der Waals surface area contributed by atoms with Crippen molar-refractivity contribution in [3.8, 4) is 33.5 Å². The van der Waals surface area contributed by atoms with E-state index >= 15 is 0 Å². The smallest absolute Gasteiger partial charge is 0.274 e. The van der Waals surface area contributed by atoms with E-state index in [0.29, 0.717) is 5.52 Å². The normalized spacial score (nSPS) is 11.6. The van der Waals surface area contributed by atoms with Crippen molar-refractivity contribution in [1.82, 2.24) is 23.9 Å². The van der Waals surface area contributed by atoms with Gasteiger partial charge in [0.25, 0.3) is 11.1 Å². The highest BCUT2D eigenvalue weighted by Crippen LogP contribution is 2.36. The summed E-state index contributed by atoms with van der Waals surface area (Å²) < 4.78 is 5.06. The lowest BCUT2D eigenvalue weighted by atomic mass is 9.94. The molecule has 5 rings (SSSR count). The lowest BCUT2D eigenvalue weighted by molar-refractivity contribution is 0.532. The zero-order chi connectivity index (χ0) is 25.6. The molecule has 0 saturated carbocycles. The molecule has 4 heterocycles. The number of thioether (sulfide) groups is 1. The van der Waals surface area contributed by atoms with Crippen molar-refractivity contribution < 1.29 is 0 Å². The van der Waals surface area contributed by atoms with Crippen LogP contribution < -0.4 is 11.1 Å². The van der Waals surface area contributed by atoms with Gasteiger partial charge in [0.1, 0.15) is 5.52 Å². The number of nitrogens with one attached hydrogen (secondary N) is 1. The van der Waals surface area contributed by atoms with E-state index in [1.807, 2.05) is 35.4 Å². The number of aromatic nitrogens is 5. The molecule has 8 heteroatoms. The van der Waals surface area contributed by atoms with Gasteiger partial charge in [-0.1, -0.05) is 24.3 Å². The van der Waals surface area contributed by atoms with Crippen molar-refractivity contribution in [2.24, 2.45) is 14.1 Å². The minimum absolute atomic E-state index is 0.106. The maximum atomic E-state index is 13.1. The predicted octanol–water partition coefficient (Wildman–Crippen LogP) is 5.21. The van der Waals surface area contributed by atoms with Crippen LogP contribution in [0.5, 0.6) is 0 Å². The number of aryl methyl sites for hydroxylation is 2. The van der Waals surface area contributed by atoms with Gasteiger partial charge in [-0.05, 0) is 42.9 Å². The topological polar surface area (TPSA) is 77.6 Å². The minimum Gasteiger partial charge on any atom is -0.350 e. The third kappa shape index (κ3) is 4.22. The number of rotatable bonds is 6. The van der Waals surface area contributed by atoms with Gasteiger partial charge in [0.2, 0.25) is 0 Å². The Kier molecular flexibility index (Phi) is 6.22. The van der Waals surface area contributed by atoms with Crippen LogP contribution in [0.2, 0.25) is 0 Å². The van der Waals surface area contributed by atoms with Crippen LogP contribution in [0.15, 0.2) is 70.8 Å². The van der Waals surface area contributed by atoms with Crippen LogP contribution in [0.4, 0.5) is 0 Å². The molecule has 0 aliphatic carbocycles. The second kappa shape index (κ2) is 9.35. The largest absolute Gasteiger partial charge is 0.350 e. The Morgan fingerprint density at radius 3 is 2.44 bits per heavy atom. The Labute approximate surface area is 213 Å². The third-order valence-corrected chi connectivity index (χ3v) is 7.10. The number of fused-ring (bicyclic) bond motifs is 1. The second-order valence-electron chi connectivity index (χ2n) is 9.42. The van der Waals surface area contributed by atoms with Gasteiger partial charge in [-0.3, -0.25) is 14.3 Å². The first-order chi connectivity index (χ1) is 17.3. The summed E-state index contributed by atoms with van der Waals surface area (Å²) in [7, 11) is 3.50. The van der Waals surface area contributed by atoms with E-state index in [2.05, 4.69) is 48.4 Å². The second-order valence-corrected chi connectivity index (χ2v) is 10.3. The third-order valence-electron chi connectivity index (χ3n) is 6.47. The van der Waals surface area contributed by atoms with Crippen molar-refractivity contribution in [3.05, 3.63) is 87.5 Å². The van der Waals surface area contributed by atoms with Crippen LogP contribution >= 0.6 is 11.8 Å². The molecule has 0 aliphatic rings.